The Morgan fingerprint density at radius 1 is 1.59 bits per heavy atom. The van der Waals surface area contributed by atoms with E-state index in [1.165, 1.54) is 0 Å². The van der Waals surface area contributed by atoms with E-state index in [1.54, 1.807) is 13.0 Å². The lowest BCUT2D eigenvalue weighted by atomic mass is 10.1. The number of azo groups is 1. The van der Waals surface area contributed by atoms with Gasteiger partial charge in [-0.1, -0.05) is 6.08 Å². The first kappa shape index (κ1) is 14.3. The Morgan fingerprint density at radius 3 is 2.76 bits per heavy atom. The van der Waals surface area contributed by atoms with Gasteiger partial charge in [-0.25, -0.2) is 13.6 Å². The SMILES string of the molecule is C=CCCC(CCC1(C)N=NCO1)S(N)(=O)=O. The van der Waals surface area contributed by atoms with Crippen LogP contribution in [0.2, 0.25) is 0 Å². The molecule has 0 aromatic heterocycles. The molecule has 0 aromatic rings. The minimum atomic E-state index is -3.53. The third kappa shape index (κ3) is 4.53. The van der Waals surface area contributed by atoms with Crippen molar-refractivity contribution in [2.75, 3.05) is 6.73 Å². The summed E-state index contributed by atoms with van der Waals surface area (Å²) in [6.07, 6.45) is 3.71. The molecule has 98 valence electrons. The molecule has 0 fully saturated rings. The first-order valence-corrected chi connectivity index (χ1v) is 7.13. The molecule has 1 aliphatic heterocycles. The van der Waals surface area contributed by atoms with Crippen molar-refractivity contribution in [1.82, 2.24) is 0 Å². The van der Waals surface area contributed by atoms with Crippen molar-refractivity contribution in [2.24, 2.45) is 15.4 Å². The highest BCUT2D eigenvalue weighted by molar-refractivity contribution is 7.89. The normalized spacial score (nSPS) is 26.0. The van der Waals surface area contributed by atoms with Crippen LogP contribution in [-0.2, 0) is 14.8 Å². The lowest BCUT2D eigenvalue weighted by Gasteiger charge is -2.21. The van der Waals surface area contributed by atoms with E-state index in [-0.39, 0.29) is 6.73 Å². The largest absolute Gasteiger partial charge is 0.328 e. The van der Waals surface area contributed by atoms with Crippen LogP contribution >= 0.6 is 0 Å². The Balaban J connectivity index is 2.55. The predicted octanol–water partition coefficient (Wildman–Crippen LogP) is 1.55. The molecule has 2 atom stereocenters. The summed E-state index contributed by atoms with van der Waals surface area (Å²) in [4.78, 5) is 0. The van der Waals surface area contributed by atoms with E-state index in [2.05, 4.69) is 16.8 Å². The average Bonchev–Trinajstić information content (AvgIpc) is 2.64. The molecule has 17 heavy (non-hydrogen) atoms. The Kier molecular flexibility index (Phi) is 4.79. The van der Waals surface area contributed by atoms with Gasteiger partial charge in [0.1, 0.15) is 0 Å². The zero-order valence-electron chi connectivity index (χ0n) is 10.0. The maximum atomic E-state index is 11.4. The van der Waals surface area contributed by atoms with Gasteiger partial charge in [0.2, 0.25) is 10.0 Å². The molecule has 0 amide bonds. The molecule has 0 bridgehead atoms. The van der Waals surface area contributed by atoms with Gasteiger partial charge in [0.15, 0.2) is 12.5 Å². The van der Waals surface area contributed by atoms with Crippen molar-refractivity contribution in [3.8, 4) is 0 Å². The highest BCUT2D eigenvalue weighted by atomic mass is 32.2. The lowest BCUT2D eigenvalue weighted by Crippen LogP contribution is -2.32. The molecule has 0 aliphatic carbocycles. The highest BCUT2D eigenvalue weighted by Gasteiger charge is 2.31. The van der Waals surface area contributed by atoms with Gasteiger partial charge in [0, 0.05) is 0 Å². The summed E-state index contributed by atoms with van der Waals surface area (Å²) in [7, 11) is -3.53. The molecular formula is C10H19N3O3S. The van der Waals surface area contributed by atoms with Crippen LogP contribution in [-0.4, -0.2) is 26.1 Å². The molecule has 0 saturated carbocycles. The first-order chi connectivity index (χ1) is 7.87. The van der Waals surface area contributed by atoms with Crippen molar-refractivity contribution in [3.63, 3.8) is 0 Å². The van der Waals surface area contributed by atoms with Crippen LogP contribution < -0.4 is 5.14 Å². The molecule has 0 radical (unpaired) electrons. The topological polar surface area (TPSA) is 94.1 Å². The van der Waals surface area contributed by atoms with Gasteiger partial charge < -0.3 is 4.74 Å². The summed E-state index contributed by atoms with van der Waals surface area (Å²) >= 11 is 0. The number of rotatable bonds is 7. The fourth-order valence-electron chi connectivity index (χ4n) is 1.70. The van der Waals surface area contributed by atoms with Crippen molar-refractivity contribution in [3.05, 3.63) is 12.7 Å². The van der Waals surface area contributed by atoms with E-state index in [9.17, 15) is 8.42 Å². The summed E-state index contributed by atoms with van der Waals surface area (Å²) in [5, 5.41) is 12.3. The summed E-state index contributed by atoms with van der Waals surface area (Å²) in [6, 6.07) is 0. The number of hydrogen-bond acceptors (Lipinski definition) is 5. The smallest absolute Gasteiger partial charge is 0.211 e. The van der Waals surface area contributed by atoms with Crippen LogP contribution in [0.15, 0.2) is 22.9 Å². The summed E-state index contributed by atoms with van der Waals surface area (Å²) in [5.74, 6) is 0. The molecule has 1 aliphatic rings. The molecule has 7 heteroatoms. The van der Waals surface area contributed by atoms with Crippen molar-refractivity contribution in [1.29, 1.82) is 0 Å². The van der Waals surface area contributed by atoms with Crippen LogP contribution in [0.1, 0.15) is 32.6 Å². The van der Waals surface area contributed by atoms with E-state index in [0.717, 1.165) is 0 Å². The number of allylic oxidation sites excluding steroid dienone is 1. The maximum absolute atomic E-state index is 11.4. The van der Waals surface area contributed by atoms with Crippen LogP contribution in [0.25, 0.3) is 0 Å². The summed E-state index contributed by atoms with van der Waals surface area (Å²) in [5.41, 5.74) is -0.697. The maximum Gasteiger partial charge on any atom is 0.211 e. The number of nitrogens with zero attached hydrogens (tertiary/aromatic N) is 2. The van der Waals surface area contributed by atoms with E-state index >= 15 is 0 Å². The third-order valence-electron chi connectivity index (χ3n) is 2.80. The Morgan fingerprint density at radius 2 is 2.29 bits per heavy atom. The quantitative estimate of drug-likeness (QED) is 0.704. The van der Waals surface area contributed by atoms with Crippen molar-refractivity contribution < 1.29 is 13.2 Å². The van der Waals surface area contributed by atoms with E-state index < -0.39 is 21.0 Å². The number of hydrogen-bond donors (Lipinski definition) is 1. The monoisotopic (exact) mass is 261 g/mol. The fourth-order valence-corrected chi connectivity index (χ4v) is 2.61. The van der Waals surface area contributed by atoms with Gasteiger partial charge in [0.05, 0.1) is 5.25 Å². The fraction of sp³-hybridized carbons (Fsp3) is 0.800. The second-order valence-electron chi connectivity index (χ2n) is 4.31. The first-order valence-electron chi connectivity index (χ1n) is 5.52. The third-order valence-corrected chi connectivity index (χ3v) is 4.20. The number of ether oxygens (including phenoxy) is 1. The second-order valence-corrected chi connectivity index (χ2v) is 6.15. The minimum Gasteiger partial charge on any atom is -0.328 e. The molecule has 2 unspecified atom stereocenters. The second kappa shape index (κ2) is 5.70. The van der Waals surface area contributed by atoms with E-state index in [0.29, 0.717) is 25.7 Å². The minimum absolute atomic E-state index is 0.239. The predicted molar refractivity (Wildman–Crippen MR) is 64.8 cm³/mol. The molecule has 0 saturated heterocycles. The van der Waals surface area contributed by atoms with Crippen LogP contribution in [0.3, 0.4) is 0 Å². The van der Waals surface area contributed by atoms with Gasteiger partial charge in [-0.15, -0.1) is 6.58 Å². The number of sulfonamides is 1. The number of primary sulfonamides is 1. The van der Waals surface area contributed by atoms with E-state index in [4.69, 9.17) is 9.88 Å². The van der Waals surface area contributed by atoms with E-state index in [1.807, 2.05) is 0 Å². The lowest BCUT2D eigenvalue weighted by molar-refractivity contribution is 0.00340. The summed E-state index contributed by atoms with van der Waals surface area (Å²) in [6.45, 7) is 5.60. The Hall–Kier alpha value is -0.790. The van der Waals surface area contributed by atoms with Crippen molar-refractivity contribution >= 4 is 10.0 Å². The molecule has 1 heterocycles. The zero-order chi connectivity index (χ0) is 12.9. The van der Waals surface area contributed by atoms with Gasteiger partial charge >= 0.3 is 0 Å². The molecule has 0 aromatic carbocycles. The van der Waals surface area contributed by atoms with Gasteiger partial charge in [-0.3, -0.25) is 0 Å². The molecule has 6 nitrogen and oxygen atoms in total. The molecule has 1 rings (SSSR count). The number of nitrogens with two attached hydrogens (primary N) is 1. The standard InChI is InChI=1S/C10H19N3O3S/c1-3-4-5-9(17(11,14)15)6-7-10(2)13-12-8-16-10/h3,9H,1,4-8H2,2H3,(H2,11,14,15). The van der Waals surface area contributed by atoms with Crippen LogP contribution in [0, 0.1) is 0 Å². The average molecular weight is 261 g/mol. The summed E-state index contributed by atoms with van der Waals surface area (Å²) < 4.78 is 28.1. The molecule has 2 N–H and O–H groups in total. The van der Waals surface area contributed by atoms with Crippen LogP contribution in [0.5, 0.6) is 0 Å². The van der Waals surface area contributed by atoms with Gasteiger partial charge in [-0.2, -0.15) is 10.2 Å². The zero-order valence-corrected chi connectivity index (χ0v) is 10.8. The molecular weight excluding hydrogens is 242 g/mol. The van der Waals surface area contributed by atoms with Gasteiger partial charge in [0.25, 0.3) is 0 Å². The van der Waals surface area contributed by atoms with Crippen molar-refractivity contribution in [2.45, 2.75) is 43.6 Å². The Bertz CT molecular complexity index is 394. The van der Waals surface area contributed by atoms with Crippen LogP contribution in [0.4, 0.5) is 0 Å². The highest BCUT2D eigenvalue weighted by Crippen LogP contribution is 2.27. The van der Waals surface area contributed by atoms with Gasteiger partial charge in [-0.05, 0) is 32.6 Å². The Labute approximate surface area is 102 Å². The molecule has 0 spiro atoms.